The molecule has 0 aliphatic carbocycles. The third kappa shape index (κ3) is 6.13. The molecule has 1 aliphatic rings. The van der Waals surface area contributed by atoms with E-state index < -0.39 is 11.1 Å². The number of hydrogen-bond acceptors (Lipinski definition) is 6. The molecule has 1 aromatic rings. The van der Waals surface area contributed by atoms with Crippen LogP contribution in [0, 0.1) is 0 Å². The highest BCUT2D eigenvalue weighted by Crippen LogP contribution is 2.34. The summed E-state index contributed by atoms with van der Waals surface area (Å²) in [5.74, 6) is 0.383. The van der Waals surface area contributed by atoms with Crippen LogP contribution in [0.25, 0.3) is 6.08 Å². The van der Waals surface area contributed by atoms with Crippen molar-refractivity contribution in [3.05, 3.63) is 41.3 Å². The Morgan fingerprint density at radius 2 is 1.84 bits per heavy atom. The Labute approximate surface area is 188 Å². The van der Waals surface area contributed by atoms with E-state index in [0.29, 0.717) is 30.3 Å². The number of nitrogens with zero attached hydrogens (tertiary/aromatic N) is 2. The largest absolute Gasteiger partial charge is 0.490 e. The van der Waals surface area contributed by atoms with Crippen LogP contribution >= 0.6 is 11.8 Å². The van der Waals surface area contributed by atoms with E-state index in [0.717, 1.165) is 16.7 Å². The molecule has 1 fully saturated rings. The molecule has 0 atom stereocenters. The number of carbonyl (C=O) groups is 3. The van der Waals surface area contributed by atoms with Crippen LogP contribution in [-0.2, 0) is 9.59 Å². The van der Waals surface area contributed by atoms with Gasteiger partial charge in [0.15, 0.2) is 11.5 Å². The van der Waals surface area contributed by atoms with Gasteiger partial charge in [-0.15, -0.1) is 0 Å². The summed E-state index contributed by atoms with van der Waals surface area (Å²) in [5.41, 5.74) is 0.692. The van der Waals surface area contributed by atoms with E-state index in [2.05, 4.69) is 6.58 Å². The molecule has 0 saturated carbocycles. The molecule has 1 heterocycles. The zero-order valence-corrected chi connectivity index (χ0v) is 19.5. The minimum atomic E-state index is -0.472. The van der Waals surface area contributed by atoms with Gasteiger partial charge in [-0.25, -0.2) is 0 Å². The van der Waals surface area contributed by atoms with E-state index in [4.69, 9.17) is 9.47 Å². The van der Waals surface area contributed by atoms with Gasteiger partial charge < -0.3 is 14.4 Å². The van der Waals surface area contributed by atoms with E-state index in [1.807, 2.05) is 34.6 Å². The quantitative estimate of drug-likeness (QED) is 0.393. The summed E-state index contributed by atoms with van der Waals surface area (Å²) in [6.45, 7) is 13.7. The van der Waals surface area contributed by atoms with Crippen LogP contribution in [-0.4, -0.2) is 58.7 Å². The molecule has 1 aliphatic heterocycles. The van der Waals surface area contributed by atoms with Gasteiger partial charge in [0, 0.05) is 12.1 Å². The Balaban J connectivity index is 2.22. The standard InChI is InChI=1S/C23H30N2O5S/c1-7-11-30-18-10-9-17(12-19(18)29-8-2)13-20-22(27)24(23(28)31-20)14-21(26)25(15(3)4)16(5)6/h7,9-10,12-13,15-16H,1,8,11,14H2,2-6H3/b20-13-. The number of hydrogen-bond donors (Lipinski definition) is 0. The average Bonchev–Trinajstić information content (AvgIpc) is 2.94. The Morgan fingerprint density at radius 1 is 1.16 bits per heavy atom. The van der Waals surface area contributed by atoms with Crippen molar-refractivity contribution in [2.24, 2.45) is 0 Å². The lowest BCUT2D eigenvalue weighted by Gasteiger charge is -2.31. The second-order valence-electron chi connectivity index (χ2n) is 7.50. The zero-order valence-electron chi connectivity index (χ0n) is 18.7. The molecule has 0 aromatic heterocycles. The van der Waals surface area contributed by atoms with Gasteiger partial charge in [0.2, 0.25) is 5.91 Å². The smallest absolute Gasteiger partial charge is 0.294 e. The first-order chi connectivity index (χ1) is 14.7. The molecule has 31 heavy (non-hydrogen) atoms. The molecular formula is C23H30N2O5S. The zero-order chi connectivity index (χ0) is 23.1. The van der Waals surface area contributed by atoms with Gasteiger partial charge in [-0.2, -0.15) is 0 Å². The fraction of sp³-hybridized carbons (Fsp3) is 0.435. The van der Waals surface area contributed by atoms with Gasteiger partial charge in [0.05, 0.1) is 11.5 Å². The fourth-order valence-corrected chi connectivity index (χ4v) is 4.17. The molecular weight excluding hydrogens is 416 g/mol. The van der Waals surface area contributed by atoms with Crippen molar-refractivity contribution in [3.8, 4) is 11.5 Å². The van der Waals surface area contributed by atoms with Gasteiger partial charge >= 0.3 is 0 Å². The Hall–Kier alpha value is -2.74. The lowest BCUT2D eigenvalue weighted by Crippen LogP contribution is -2.48. The molecule has 0 unspecified atom stereocenters. The van der Waals surface area contributed by atoms with Gasteiger partial charge in [0.1, 0.15) is 13.2 Å². The Morgan fingerprint density at radius 3 is 2.42 bits per heavy atom. The third-order valence-corrected chi connectivity index (χ3v) is 5.40. The maximum Gasteiger partial charge on any atom is 0.294 e. The van der Waals surface area contributed by atoms with Crippen molar-refractivity contribution in [2.45, 2.75) is 46.7 Å². The van der Waals surface area contributed by atoms with Crippen LogP contribution in [0.5, 0.6) is 11.5 Å². The van der Waals surface area contributed by atoms with Crippen LogP contribution in [0.15, 0.2) is 35.8 Å². The van der Waals surface area contributed by atoms with E-state index >= 15 is 0 Å². The lowest BCUT2D eigenvalue weighted by molar-refractivity contribution is -0.138. The van der Waals surface area contributed by atoms with E-state index in [-0.39, 0.29) is 29.4 Å². The van der Waals surface area contributed by atoms with Crippen LogP contribution in [0.3, 0.4) is 0 Å². The molecule has 0 spiro atoms. The van der Waals surface area contributed by atoms with E-state index in [1.165, 1.54) is 0 Å². The maximum atomic E-state index is 12.8. The van der Waals surface area contributed by atoms with Crippen LogP contribution in [0.1, 0.15) is 40.2 Å². The van der Waals surface area contributed by atoms with Crippen molar-refractivity contribution in [3.63, 3.8) is 0 Å². The van der Waals surface area contributed by atoms with Crippen LogP contribution in [0.4, 0.5) is 4.79 Å². The summed E-state index contributed by atoms with van der Waals surface area (Å²) in [5, 5.41) is -0.451. The highest BCUT2D eigenvalue weighted by molar-refractivity contribution is 8.18. The lowest BCUT2D eigenvalue weighted by atomic mass is 10.2. The van der Waals surface area contributed by atoms with Gasteiger partial charge in [-0.3, -0.25) is 19.3 Å². The fourth-order valence-electron chi connectivity index (χ4n) is 3.33. The summed E-state index contributed by atoms with van der Waals surface area (Å²) in [4.78, 5) is 40.9. The summed E-state index contributed by atoms with van der Waals surface area (Å²) in [6, 6.07) is 5.22. The van der Waals surface area contributed by atoms with Crippen molar-refractivity contribution in [1.82, 2.24) is 9.80 Å². The number of imide groups is 1. The number of carbonyl (C=O) groups excluding carboxylic acids is 3. The number of benzene rings is 1. The minimum Gasteiger partial charge on any atom is -0.490 e. The van der Waals surface area contributed by atoms with Crippen molar-refractivity contribution < 1.29 is 23.9 Å². The topological polar surface area (TPSA) is 76.2 Å². The molecule has 0 bridgehead atoms. The highest BCUT2D eigenvalue weighted by Gasteiger charge is 2.37. The SMILES string of the molecule is C=CCOc1ccc(/C=C2\SC(=O)N(CC(=O)N(C(C)C)C(C)C)C2=O)cc1OCC. The second kappa shape index (κ2) is 11.0. The summed E-state index contributed by atoms with van der Waals surface area (Å²) in [6.07, 6.45) is 3.26. The van der Waals surface area contributed by atoms with Gasteiger partial charge in [-0.05, 0) is 70.2 Å². The van der Waals surface area contributed by atoms with Gasteiger partial charge in [0.25, 0.3) is 11.1 Å². The highest BCUT2D eigenvalue weighted by atomic mass is 32.2. The van der Waals surface area contributed by atoms with Crippen molar-refractivity contribution in [2.75, 3.05) is 19.8 Å². The molecule has 0 N–H and O–H groups in total. The predicted molar refractivity (Wildman–Crippen MR) is 123 cm³/mol. The van der Waals surface area contributed by atoms with Crippen molar-refractivity contribution in [1.29, 1.82) is 0 Å². The molecule has 2 rings (SSSR count). The Bertz CT molecular complexity index is 871. The first-order valence-electron chi connectivity index (χ1n) is 10.3. The molecule has 0 radical (unpaired) electrons. The van der Waals surface area contributed by atoms with Crippen LogP contribution in [0.2, 0.25) is 0 Å². The molecule has 1 saturated heterocycles. The van der Waals surface area contributed by atoms with E-state index in [9.17, 15) is 14.4 Å². The minimum absolute atomic E-state index is 0.0261. The number of rotatable bonds is 10. The molecule has 7 nitrogen and oxygen atoms in total. The molecule has 1 aromatic carbocycles. The molecule has 8 heteroatoms. The number of amides is 3. The van der Waals surface area contributed by atoms with E-state index in [1.54, 1.807) is 35.3 Å². The average molecular weight is 447 g/mol. The predicted octanol–water partition coefficient (Wildman–Crippen LogP) is 4.33. The van der Waals surface area contributed by atoms with Gasteiger partial charge in [-0.1, -0.05) is 18.7 Å². The van der Waals surface area contributed by atoms with Crippen LogP contribution < -0.4 is 9.47 Å². The number of thioether (sulfide) groups is 1. The first-order valence-corrected chi connectivity index (χ1v) is 11.1. The second-order valence-corrected chi connectivity index (χ2v) is 8.49. The monoisotopic (exact) mass is 446 g/mol. The van der Waals surface area contributed by atoms with Crippen molar-refractivity contribution >= 4 is 34.9 Å². The first kappa shape index (κ1) is 24.5. The third-order valence-electron chi connectivity index (χ3n) is 4.49. The molecule has 168 valence electrons. The maximum absolute atomic E-state index is 12.8. The molecule has 3 amide bonds. The Kier molecular flexibility index (Phi) is 8.74. The number of ether oxygens (including phenoxy) is 2. The summed E-state index contributed by atoms with van der Waals surface area (Å²) < 4.78 is 11.2. The normalized spacial score (nSPS) is 15.2. The summed E-state index contributed by atoms with van der Waals surface area (Å²) in [7, 11) is 0. The summed E-state index contributed by atoms with van der Waals surface area (Å²) >= 11 is 0.827.